The molecule has 29 nitrogen and oxygen atoms in total. The van der Waals surface area contributed by atoms with Crippen LogP contribution in [0, 0.1) is 0 Å². The van der Waals surface area contributed by atoms with Crippen LogP contribution in [0.3, 0.4) is 0 Å². The lowest BCUT2D eigenvalue weighted by Gasteiger charge is -2.51. The average molecular weight is 1140 g/mol. The van der Waals surface area contributed by atoms with Crippen LogP contribution in [0.25, 0.3) is 0 Å². The first kappa shape index (κ1) is 64.9. The van der Waals surface area contributed by atoms with Gasteiger partial charge in [-0.15, -0.1) is 0 Å². The van der Waals surface area contributed by atoms with Gasteiger partial charge in [0.25, 0.3) is 5.91 Å². The second-order valence-electron chi connectivity index (χ2n) is 19.6. The fourth-order valence-corrected chi connectivity index (χ4v) is 9.94. The van der Waals surface area contributed by atoms with Crippen LogP contribution in [-0.4, -0.2) is 238 Å². The van der Waals surface area contributed by atoms with Crippen molar-refractivity contribution in [2.45, 2.75) is 208 Å². The maximum absolute atomic E-state index is 13.8. The molecule has 13 N–H and O–H groups in total. The van der Waals surface area contributed by atoms with Crippen molar-refractivity contribution in [1.82, 2.24) is 21.3 Å². The Morgan fingerprint density at radius 3 is 1.47 bits per heavy atom. The van der Waals surface area contributed by atoms with Gasteiger partial charge in [-0.25, -0.2) is 8.42 Å². The number of nitrogens with one attached hydrogen (secondary N) is 4. The molecule has 0 aliphatic carbocycles. The van der Waals surface area contributed by atoms with E-state index < -0.39 is 183 Å². The molecule has 4 aliphatic rings. The van der Waals surface area contributed by atoms with E-state index in [1.54, 1.807) is 12.1 Å². The Morgan fingerprint density at radius 2 is 1.00 bits per heavy atom. The first-order valence-corrected chi connectivity index (χ1v) is 27.3. The third kappa shape index (κ3) is 18.1. The van der Waals surface area contributed by atoms with Gasteiger partial charge in [-0.3, -0.25) is 23.4 Å². The summed E-state index contributed by atoms with van der Waals surface area (Å²) in [6.07, 6.45) is -19.6. The fraction of sp³-hybridized carbons (Fsp3) is 0.792. The van der Waals surface area contributed by atoms with E-state index in [2.05, 4.69) is 32.4 Å². The van der Waals surface area contributed by atoms with Crippen molar-refractivity contribution in [3.8, 4) is 5.75 Å². The van der Waals surface area contributed by atoms with Gasteiger partial charge in [0.05, 0.1) is 33.0 Å². The number of carbonyl (C=O) groups excluding carboxylic acids is 4. The molecular weight excluding hydrogens is 1060 g/mol. The van der Waals surface area contributed by atoms with Gasteiger partial charge in [-0.05, 0) is 24.6 Å². The molecular formula is C48H77N4O25S-. The molecule has 4 heterocycles. The summed E-state index contributed by atoms with van der Waals surface area (Å²) in [7, 11) is -5.41. The van der Waals surface area contributed by atoms with Gasteiger partial charge >= 0.3 is 0 Å². The van der Waals surface area contributed by atoms with Crippen LogP contribution in [-0.2, 0) is 62.1 Å². The molecule has 78 heavy (non-hydrogen) atoms. The van der Waals surface area contributed by atoms with Crippen LogP contribution < -0.4 is 26.0 Å². The first-order valence-electron chi connectivity index (χ1n) is 26.0. The summed E-state index contributed by atoms with van der Waals surface area (Å²) >= 11 is 0. The summed E-state index contributed by atoms with van der Waals surface area (Å²) in [4.78, 5) is 51.1. The summed E-state index contributed by atoms with van der Waals surface area (Å²) in [5.74, 6) is -2.84. The van der Waals surface area contributed by atoms with Crippen molar-refractivity contribution in [3.63, 3.8) is 0 Å². The fourth-order valence-electron chi connectivity index (χ4n) is 9.64. The maximum Gasteiger partial charge on any atom is 0.251 e. The van der Waals surface area contributed by atoms with Crippen molar-refractivity contribution in [1.29, 1.82) is 0 Å². The van der Waals surface area contributed by atoms with Crippen LogP contribution in [0.15, 0.2) is 24.3 Å². The highest BCUT2D eigenvalue weighted by Crippen LogP contribution is 2.35. The van der Waals surface area contributed by atoms with Crippen molar-refractivity contribution in [2.24, 2.45) is 0 Å². The molecule has 10 unspecified atom stereocenters. The molecule has 1 aromatic rings. The van der Waals surface area contributed by atoms with Crippen molar-refractivity contribution in [3.05, 3.63) is 29.8 Å². The number of ether oxygens (including phenoxy) is 8. The van der Waals surface area contributed by atoms with Crippen LogP contribution in [0.4, 0.5) is 0 Å². The highest BCUT2D eigenvalue weighted by atomic mass is 32.3. The van der Waals surface area contributed by atoms with Crippen molar-refractivity contribution >= 4 is 34.0 Å². The largest absolute Gasteiger partial charge is 0.726 e. The number of carbonyl (C=O) groups is 4. The molecule has 4 aliphatic heterocycles. The van der Waals surface area contributed by atoms with Crippen molar-refractivity contribution < 1.29 is 120 Å². The van der Waals surface area contributed by atoms with Crippen molar-refractivity contribution in [2.75, 3.05) is 33.0 Å². The topological polar surface area (TPSA) is 439 Å². The van der Waals surface area contributed by atoms with Crippen LogP contribution in [0.2, 0.25) is 0 Å². The SMILES string of the molecule is CCCCCCCCCCCOc1cccc(C(=O)NC2[C@H](O[C@H]3C(O)C(NC(C)=O)C(OC4C(CO)O[C@@H](O[C@H]5C(O)C(NC(C)=O)C(O)O[C@H]5COS(=O)(=O)[O-])[C@@H](NC(C)=O)[C@H]4O)O[C@H]3CO)OC(CO)[C@@H](O)[C@@H]2O)c1. The molecule has 0 radical (unpaired) electrons. The van der Waals surface area contributed by atoms with Gasteiger partial charge in [0.2, 0.25) is 28.1 Å². The molecule has 0 bridgehead atoms. The summed E-state index contributed by atoms with van der Waals surface area (Å²) in [6, 6.07) is -0.636. The van der Waals surface area contributed by atoms with Crippen LogP contribution in [0.1, 0.15) is 95.8 Å². The molecule has 20 atom stereocenters. The lowest BCUT2D eigenvalue weighted by Crippen LogP contribution is -2.71. The smallest absolute Gasteiger partial charge is 0.251 e. The Balaban J connectivity index is 1.34. The van der Waals surface area contributed by atoms with Crippen LogP contribution in [0.5, 0.6) is 5.75 Å². The molecule has 5 rings (SSSR count). The zero-order valence-corrected chi connectivity index (χ0v) is 44.5. The Morgan fingerprint density at radius 1 is 0.564 bits per heavy atom. The second kappa shape index (κ2) is 30.8. The summed E-state index contributed by atoms with van der Waals surface area (Å²) in [5.41, 5.74) is 0.0706. The molecule has 446 valence electrons. The molecule has 0 aromatic heterocycles. The number of unbranched alkanes of at least 4 members (excludes halogenated alkanes) is 8. The highest BCUT2D eigenvalue weighted by Gasteiger charge is 2.56. The number of aliphatic hydroxyl groups is 9. The number of hydrogen-bond donors (Lipinski definition) is 13. The van der Waals surface area contributed by atoms with Gasteiger partial charge in [0, 0.05) is 26.3 Å². The number of hydrogen-bond acceptors (Lipinski definition) is 25. The number of amides is 4. The Labute approximate surface area is 451 Å². The molecule has 4 saturated heterocycles. The summed E-state index contributed by atoms with van der Waals surface area (Å²) in [5, 5.41) is 109. The first-order chi connectivity index (χ1) is 37.0. The summed E-state index contributed by atoms with van der Waals surface area (Å²) < 4.78 is 85.7. The highest BCUT2D eigenvalue weighted by molar-refractivity contribution is 7.80. The Kier molecular flexibility index (Phi) is 25.7. The average Bonchev–Trinajstić information content (AvgIpc) is 3.47. The maximum atomic E-state index is 13.8. The molecule has 30 heteroatoms. The van der Waals surface area contributed by atoms with E-state index in [0.717, 1.165) is 46.5 Å². The Hall–Kier alpha value is -3.87. The van der Waals surface area contributed by atoms with E-state index >= 15 is 0 Å². The lowest BCUT2D eigenvalue weighted by molar-refractivity contribution is -0.361. The summed E-state index contributed by atoms with van der Waals surface area (Å²) in [6.45, 7) is 1.58. The van der Waals surface area contributed by atoms with E-state index in [1.165, 1.54) is 44.2 Å². The predicted octanol–water partition coefficient (Wildman–Crippen LogP) is -4.49. The zero-order chi connectivity index (χ0) is 57.4. The normalized spacial score (nSPS) is 35.3. The Bertz CT molecular complexity index is 2170. The van der Waals surface area contributed by atoms with Gasteiger partial charge < -0.3 is 110 Å². The molecule has 4 fully saturated rings. The minimum Gasteiger partial charge on any atom is -0.726 e. The minimum atomic E-state index is -5.41. The van der Waals surface area contributed by atoms with E-state index in [0.29, 0.717) is 12.4 Å². The van der Waals surface area contributed by atoms with E-state index in [1.807, 2.05) is 0 Å². The quantitative estimate of drug-likeness (QED) is 0.0214. The van der Waals surface area contributed by atoms with Crippen LogP contribution >= 0.6 is 0 Å². The molecule has 0 saturated carbocycles. The number of benzene rings is 1. The third-order valence-electron chi connectivity index (χ3n) is 13.6. The van der Waals surface area contributed by atoms with E-state index in [9.17, 15) is 78.1 Å². The third-order valence-corrected chi connectivity index (χ3v) is 14.0. The number of aliphatic hydroxyl groups excluding tert-OH is 9. The minimum absolute atomic E-state index is 0.0706. The van der Waals surface area contributed by atoms with E-state index in [4.69, 9.17) is 37.9 Å². The van der Waals surface area contributed by atoms with E-state index in [-0.39, 0.29) is 5.56 Å². The molecule has 4 amide bonds. The standard InChI is InChI=1S/C48H78N4O25S/c1-5-6-7-8-9-10-11-12-13-17-69-27-16-14-15-26(18-27)44(64)52-33-37(60)36(59)28(19-53)72-46(33)75-41-29(20-54)73-47(34(39(41)62)50-24(3)57)76-42-30(21-55)74-48(35(40(42)63)51-25(4)58)77-43-31(22-70-78(66,67)68)71-45(65)32(38(43)61)49-23(2)56/h14-16,18,28-43,45-48,53-55,59-63,65H,5-13,17,19-22H2,1-4H3,(H,49,56)(H,50,57)(H,51,58)(H,52,64)(H,66,67,68)/p-1/t28?,29-,30?,31-,32?,33?,34?,35-,36+,37+,38?,39?,40+,41+,42?,43+,45?,46-,47?,48-/m0/s1. The second-order valence-corrected chi connectivity index (χ2v) is 20.6. The predicted molar refractivity (Wildman–Crippen MR) is 262 cm³/mol. The monoisotopic (exact) mass is 1140 g/mol. The van der Waals surface area contributed by atoms with Gasteiger partial charge in [-0.2, -0.15) is 0 Å². The molecule has 1 aromatic carbocycles. The zero-order valence-electron chi connectivity index (χ0n) is 43.7. The molecule has 0 spiro atoms. The number of rotatable bonds is 28. The lowest BCUT2D eigenvalue weighted by atomic mass is 9.93. The van der Waals surface area contributed by atoms with Gasteiger partial charge in [0.15, 0.2) is 25.2 Å². The van der Waals surface area contributed by atoms with Gasteiger partial charge in [-0.1, -0.05) is 64.4 Å². The van der Waals surface area contributed by atoms with Gasteiger partial charge in [0.1, 0.15) is 103 Å².